The average molecular weight is 248 g/mol. The molecule has 1 unspecified atom stereocenters. The molecule has 1 atom stereocenters. The Labute approximate surface area is 97.0 Å². The van der Waals surface area contributed by atoms with E-state index in [2.05, 4.69) is 0 Å². The standard InChI is InChI=1S/C10H20N2O3S/c1-2-10(7-11)8-12(5-6-15-10)16(13,14)9-3-4-9/h9H,2-8,11H2,1H3. The van der Waals surface area contributed by atoms with Gasteiger partial charge >= 0.3 is 0 Å². The van der Waals surface area contributed by atoms with Gasteiger partial charge in [-0.3, -0.25) is 0 Å². The summed E-state index contributed by atoms with van der Waals surface area (Å²) in [6.07, 6.45) is 2.36. The fourth-order valence-electron chi connectivity index (χ4n) is 2.09. The van der Waals surface area contributed by atoms with Gasteiger partial charge in [0.1, 0.15) is 0 Å². The molecule has 0 amide bonds. The zero-order valence-corrected chi connectivity index (χ0v) is 10.5. The first kappa shape index (κ1) is 12.3. The molecule has 1 saturated heterocycles. The van der Waals surface area contributed by atoms with E-state index in [1.807, 2.05) is 6.92 Å². The molecular formula is C10H20N2O3S. The summed E-state index contributed by atoms with van der Waals surface area (Å²) >= 11 is 0. The van der Waals surface area contributed by atoms with E-state index in [1.54, 1.807) is 4.31 Å². The van der Waals surface area contributed by atoms with Gasteiger partial charge in [0.2, 0.25) is 10.0 Å². The molecule has 1 aliphatic heterocycles. The van der Waals surface area contributed by atoms with Crippen LogP contribution in [0.5, 0.6) is 0 Å². The Hall–Kier alpha value is -0.170. The number of ether oxygens (including phenoxy) is 1. The summed E-state index contributed by atoms with van der Waals surface area (Å²) in [5, 5.41) is -0.141. The Balaban J connectivity index is 2.12. The van der Waals surface area contributed by atoms with Crippen molar-refractivity contribution in [2.75, 3.05) is 26.2 Å². The van der Waals surface area contributed by atoms with Crippen LogP contribution in [0.15, 0.2) is 0 Å². The highest BCUT2D eigenvalue weighted by Crippen LogP contribution is 2.33. The minimum absolute atomic E-state index is 0.141. The van der Waals surface area contributed by atoms with E-state index < -0.39 is 15.6 Å². The fraction of sp³-hybridized carbons (Fsp3) is 1.00. The molecule has 1 saturated carbocycles. The van der Waals surface area contributed by atoms with E-state index in [0.717, 1.165) is 19.3 Å². The topological polar surface area (TPSA) is 72.6 Å². The van der Waals surface area contributed by atoms with Crippen LogP contribution in [0.2, 0.25) is 0 Å². The van der Waals surface area contributed by atoms with Crippen LogP contribution in [-0.4, -0.2) is 49.8 Å². The van der Waals surface area contributed by atoms with Crippen LogP contribution in [0.1, 0.15) is 26.2 Å². The molecule has 1 heterocycles. The van der Waals surface area contributed by atoms with Gasteiger partial charge in [-0.15, -0.1) is 0 Å². The van der Waals surface area contributed by atoms with Gasteiger partial charge in [-0.25, -0.2) is 8.42 Å². The van der Waals surface area contributed by atoms with Gasteiger partial charge in [0.15, 0.2) is 0 Å². The van der Waals surface area contributed by atoms with E-state index in [4.69, 9.17) is 10.5 Å². The Morgan fingerprint density at radius 3 is 2.69 bits per heavy atom. The third-order valence-corrected chi connectivity index (χ3v) is 5.88. The molecule has 0 radical (unpaired) electrons. The van der Waals surface area contributed by atoms with Crippen LogP contribution < -0.4 is 5.73 Å². The first-order chi connectivity index (χ1) is 7.54. The third kappa shape index (κ3) is 2.11. The van der Waals surface area contributed by atoms with Crippen molar-refractivity contribution < 1.29 is 13.2 Å². The van der Waals surface area contributed by atoms with Gasteiger partial charge in [0.25, 0.3) is 0 Å². The maximum atomic E-state index is 12.1. The summed E-state index contributed by atoms with van der Waals surface area (Å²) in [5.41, 5.74) is 5.23. The molecule has 2 N–H and O–H groups in total. The minimum Gasteiger partial charge on any atom is -0.371 e. The first-order valence-electron chi connectivity index (χ1n) is 5.87. The van der Waals surface area contributed by atoms with E-state index >= 15 is 0 Å². The molecule has 2 rings (SSSR count). The average Bonchev–Trinajstić information content (AvgIpc) is 3.13. The highest BCUT2D eigenvalue weighted by Gasteiger charge is 2.45. The Morgan fingerprint density at radius 2 is 2.19 bits per heavy atom. The van der Waals surface area contributed by atoms with Gasteiger partial charge in [-0.2, -0.15) is 4.31 Å². The van der Waals surface area contributed by atoms with Crippen molar-refractivity contribution in [1.29, 1.82) is 0 Å². The molecule has 94 valence electrons. The van der Waals surface area contributed by atoms with E-state index in [0.29, 0.717) is 26.2 Å². The van der Waals surface area contributed by atoms with Crippen LogP contribution in [0.25, 0.3) is 0 Å². The second kappa shape index (κ2) is 4.25. The molecular weight excluding hydrogens is 228 g/mol. The van der Waals surface area contributed by atoms with Crippen LogP contribution in [0.4, 0.5) is 0 Å². The van der Waals surface area contributed by atoms with Gasteiger partial charge in [0.05, 0.1) is 17.5 Å². The van der Waals surface area contributed by atoms with Gasteiger partial charge < -0.3 is 10.5 Å². The lowest BCUT2D eigenvalue weighted by molar-refractivity contribution is -0.0848. The molecule has 0 spiro atoms. The quantitative estimate of drug-likeness (QED) is 0.755. The lowest BCUT2D eigenvalue weighted by Crippen LogP contribution is -2.57. The van der Waals surface area contributed by atoms with Gasteiger partial charge in [-0.1, -0.05) is 6.92 Å². The smallest absolute Gasteiger partial charge is 0.217 e. The van der Waals surface area contributed by atoms with Gasteiger partial charge in [0, 0.05) is 19.6 Å². The van der Waals surface area contributed by atoms with Crippen molar-refractivity contribution in [3.8, 4) is 0 Å². The van der Waals surface area contributed by atoms with Crippen molar-refractivity contribution >= 4 is 10.0 Å². The number of nitrogens with two attached hydrogens (primary N) is 1. The SMILES string of the molecule is CCC1(CN)CN(S(=O)(=O)C2CC2)CCO1. The molecule has 1 aliphatic carbocycles. The molecule has 6 heteroatoms. The van der Waals surface area contributed by atoms with Crippen LogP contribution in [0, 0.1) is 0 Å². The van der Waals surface area contributed by atoms with Crippen LogP contribution in [0.3, 0.4) is 0 Å². The molecule has 5 nitrogen and oxygen atoms in total. The number of rotatable bonds is 4. The summed E-state index contributed by atoms with van der Waals surface area (Å²) in [6, 6.07) is 0. The molecule has 2 aliphatic rings. The Morgan fingerprint density at radius 1 is 1.50 bits per heavy atom. The van der Waals surface area contributed by atoms with Crippen molar-refractivity contribution in [2.45, 2.75) is 37.0 Å². The fourth-order valence-corrected chi connectivity index (χ4v) is 3.98. The van der Waals surface area contributed by atoms with Crippen LogP contribution in [-0.2, 0) is 14.8 Å². The predicted octanol–water partition coefficient (Wildman–Crippen LogP) is -0.0817. The van der Waals surface area contributed by atoms with Crippen molar-refractivity contribution in [1.82, 2.24) is 4.31 Å². The third-order valence-electron chi connectivity index (χ3n) is 3.54. The lowest BCUT2D eigenvalue weighted by Gasteiger charge is -2.41. The molecule has 16 heavy (non-hydrogen) atoms. The normalized spacial score (nSPS) is 32.9. The lowest BCUT2D eigenvalue weighted by atomic mass is 10.00. The highest BCUT2D eigenvalue weighted by atomic mass is 32.2. The van der Waals surface area contributed by atoms with E-state index in [1.165, 1.54) is 0 Å². The zero-order chi connectivity index (χ0) is 11.8. The second-order valence-corrected chi connectivity index (χ2v) is 6.88. The second-order valence-electron chi connectivity index (χ2n) is 4.67. The van der Waals surface area contributed by atoms with E-state index in [9.17, 15) is 8.42 Å². The summed E-state index contributed by atoms with van der Waals surface area (Å²) < 4.78 is 31.4. The molecule has 0 bridgehead atoms. The number of hydrogen-bond acceptors (Lipinski definition) is 4. The van der Waals surface area contributed by atoms with Crippen molar-refractivity contribution in [2.24, 2.45) is 5.73 Å². The first-order valence-corrected chi connectivity index (χ1v) is 7.37. The Kier molecular flexibility index (Phi) is 3.27. The van der Waals surface area contributed by atoms with Crippen molar-refractivity contribution in [3.05, 3.63) is 0 Å². The summed E-state index contributed by atoms with van der Waals surface area (Å²) in [4.78, 5) is 0. The molecule has 0 aromatic rings. The predicted molar refractivity (Wildman–Crippen MR) is 61.5 cm³/mol. The largest absolute Gasteiger partial charge is 0.371 e. The molecule has 0 aromatic heterocycles. The number of morpholine rings is 1. The monoisotopic (exact) mass is 248 g/mol. The molecule has 0 aromatic carbocycles. The number of sulfonamides is 1. The minimum atomic E-state index is -3.08. The highest BCUT2D eigenvalue weighted by molar-refractivity contribution is 7.90. The zero-order valence-electron chi connectivity index (χ0n) is 9.68. The molecule has 2 fully saturated rings. The summed E-state index contributed by atoms with van der Waals surface area (Å²) in [7, 11) is -3.08. The van der Waals surface area contributed by atoms with E-state index in [-0.39, 0.29) is 5.25 Å². The van der Waals surface area contributed by atoms with Crippen molar-refractivity contribution in [3.63, 3.8) is 0 Å². The maximum absolute atomic E-state index is 12.1. The van der Waals surface area contributed by atoms with Crippen LogP contribution >= 0.6 is 0 Å². The number of hydrogen-bond donors (Lipinski definition) is 1. The maximum Gasteiger partial charge on any atom is 0.217 e. The summed E-state index contributed by atoms with van der Waals surface area (Å²) in [5.74, 6) is 0. The number of nitrogens with zero attached hydrogens (tertiary/aromatic N) is 1. The Bertz CT molecular complexity index is 347. The summed E-state index contributed by atoms with van der Waals surface area (Å²) in [6.45, 7) is 3.71. The van der Waals surface area contributed by atoms with Gasteiger partial charge in [-0.05, 0) is 19.3 Å².